The molecular formula is C24H30N2O4S. The SMILES string of the molecule is COc1ccccc1OCC1c2ccsc2CCN1C(=O)CN(C(=O)C1CC1)C(C)C. The summed E-state index contributed by atoms with van der Waals surface area (Å²) in [5.41, 5.74) is 1.14. The molecule has 0 radical (unpaired) electrons. The van der Waals surface area contributed by atoms with E-state index in [4.69, 9.17) is 9.47 Å². The molecule has 1 aliphatic heterocycles. The molecule has 0 spiro atoms. The molecule has 1 aromatic carbocycles. The molecule has 2 aromatic rings. The minimum absolute atomic E-state index is 0.00169. The lowest BCUT2D eigenvalue weighted by Gasteiger charge is -2.37. The number of hydrogen-bond donors (Lipinski definition) is 0. The molecule has 6 nitrogen and oxygen atoms in total. The molecule has 2 heterocycles. The van der Waals surface area contributed by atoms with Crippen LogP contribution in [0.2, 0.25) is 0 Å². The number of hydrogen-bond acceptors (Lipinski definition) is 5. The number of carbonyl (C=O) groups excluding carboxylic acids is 2. The molecule has 166 valence electrons. The second kappa shape index (κ2) is 9.30. The summed E-state index contributed by atoms with van der Waals surface area (Å²) in [5.74, 6) is 1.52. The number of methoxy groups -OCH3 is 1. The van der Waals surface area contributed by atoms with Crippen LogP contribution >= 0.6 is 11.3 Å². The summed E-state index contributed by atoms with van der Waals surface area (Å²) in [6.07, 6.45) is 2.71. The van der Waals surface area contributed by atoms with Gasteiger partial charge in [-0.1, -0.05) is 12.1 Å². The number of benzene rings is 1. The molecule has 1 aliphatic carbocycles. The zero-order valence-electron chi connectivity index (χ0n) is 18.4. The van der Waals surface area contributed by atoms with Gasteiger partial charge in [0.1, 0.15) is 13.2 Å². The lowest BCUT2D eigenvalue weighted by atomic mass is 10.00. The summed E-state index contributed by atoms with van der Waals surface area (Å²) >= 11 is 1.73. The number of amides is 2. The molecular weight excluding hydrogens is 412 g/mol. The van der Waals surface area contributed by atoms with Gasteiger partial charge in [0.2, 0.25) is 11.8 Å². The molecule has 2 aliphatic rings. The van der Waals surface area contributed by atoms with Crippen LogP contribution in [0.3, 0.4) is 0 Å². The minimum Gasteiger partial charge on any atom is -0.493 e. The Hall–Kier alpha value is -2.54. The first kappa shape index (κ1) is 21.7. The van der Waals surface area contributed by atoms with Crippen molar-refractivity contribution in [3.05, 3.63) is 46.2 Å². The van der Waals surface area contributed by atoms with Gasteiger partial charge in [-0.2, -0.15) is 0 Å². The first-order valence-corrected chi connectivity index (χ1v) is 11.8. The topological polar surface area (TPSA) is 59.1 Å². The van der Waals surface area contributed by atoms with E-state index in [0.717, 1.165) is 24.8 Å². The Kier molecular flexibility index (Phi) is 6.51. The van der Waals surface area contributed by atoms with Crippen molar-refractivity contribution in [1.82, 2.24) is 9.80 Å². The fourth-order valence-corrected chi connectivity index (χ4v) is 5.03. The van der Waals surface area contributed by atoms with Crippen molar-refractivity contribution in [3.63, 3.8) is 0 Å². The van der Waals surface area contributed by atoms with Gasteiger partial charge in [0, 0.05) is 23.4 Å². The van der Waals surface area contributed by atoms with Crippen LogP contribution in [0.5, 0.6) is 11.5 Å². The number of thiophene rings is 1. The van der Waals surface area contributed by atoms with Crippen LogP contribution in [-0.2, 0) is 16.0 Å². The molecule has 31 heavy (non-hydrogen) atoms. The molecule has 1 saturated carbocycles. The Balaban J connectivity index is 1.52. The van der Waals surface area contributed by atoms with Crippen LogP contribution in [0.25, 0.3) is 0 Å². The van der Waals surface area contributed by atoms with Crippen molar-refractivity contribution < 1.29 is 19.1 Å². The average Bonchev–Trinajstić information content (AvgIpc) is 3.51. The maximum atomic E-state index is 13.4. The summed E-state index contributed by atoms with van der Waals surface area (Å²) in [5, 5.41) is 2.08. The molecule has 4 rings (SSSR count). The van der Waals surface area contributed by atoms with Crippen molar-refractivity contribution in [2.24, 2.45) is 5.92 Å². The van der Waals surface area contributed by atoms with Crippen LogP contribution in [-0.4, -0.2) is 54.5 Å². The standard InChI is InChI=1S/C24H30N2O4S/c1-16(2)26(24(28)17-8-9-17)14-23(27)25-12-10-22-18(11-13-31-22)19(25)15-30-21-7-5-4-6-20(21)29-3/h4-7,11,13,16-17,19H,8-10,12,14-15H2,1-3H3. The molecule has 1 aromatic heterocycles. The van der Waals surface area contributed by atoms with E-state index in [-0.39, 0.29) is 36.4 Å². The Bertz CT molecular complexity index is 937. The Morgan fingerprint density at radius 1 is 1.19 bits per heavy atom. The highest BCUT2D eigenvalue weighted by Crippen LogP contribution is 2.36. The summed E-state index contributed by atoms with van der Waals surface area (Å²) in [6.45, 7) is 5.05. The third-order valence-electron chi connectivity index (χ3n) is 6.02. The normalized spacial score (nSPS) is 17.9. The zero-order valence-corrected chi connectivity index (χ0v) is 19.2. The minimum atomic E-state index is -0.183. The quantitative estimate of drug-likeness (QED) is 0.622. The molecule has 0 bridgehead atoms. The van der Waals surface area contributed by atoms with Crippen LogP contribution in [0.4, 0.5) is 0 Å². The van der Waals surface area contributed by atoms with Crippen molar-refractivity contribution in [3.8, 4) is 11.5 Å². The van der Waals surface area contributed by atoms with Crippen LogP contribution in [0, 0.1) is 5.92 Å². The van der Waals surface area contributed by atoms with Gasteiger partial charge >= 0.3 is 0 Å². The second-order valence-corrected chi connectivity index (χ2v) is 9.45. The summed E-state index contributed by atoms with van der Waals surface area (Å²) in [4.78, 5) is 31.0. The fraction of sp³-hybridized carbons (Fsp3) is 0.500. The van der Waals surface area contributed by atoms with E-state index >= 15 is 0 Å². The summed E-state index contributed by atoms with van der Waals surface area (Å²) < 4.78 is 11.5. The monoisotopic (exact) mass is 442 g/mol. The van der Waals surface area contributed by atoms with Crippen molar-refractivity contribution >= 4 is 23.2 Å². The van der Waals surface area contributed by atoms with Crippen LogP contribution in [0.1, 0.15) is 43.2 Å². The number of carbonyl (C=O) groups is 2. The van der Waals surface area contributed by atoms with Gasteiger partial charge in [0.25, 0.3) is 0 Å². The van der Waals surface area contributed by atoms with Gasteiger partial charge in [0.05, 0.1) is 13.2 Å². The first-order chi connectivity index (χ1) is 15.0. The third kappa shape index (κ3) is 4.71. The zero-order chi connectivity index (χ0) is 22.0. The summed E-state index contributed by atoms with van der Waals surface area (Å²) in [7, 11) is 1.62. The van der Waals surface area contributed by atoms with E-state index < -0.39 is 0 Å². The highest BCUT2D eigenvalue weighted by atomic mass is 32.1. The predicted octanol–water partition coefficient (Wildman–Crippen LogP) is 3.91. The predicted molar refractivity (Wildman–Crippen MR) is 121 cm³/mol. The molecule has 1 atom stereocenters. The average molecular weight is 443 g/mol. The molecule has 7 heteroatoms. The second-order valence-electron chi connectivity index (χ2n) is 8.45. The number of nitrogens with zero attached hydrogens (tertiary/aromatic N) is 2. The van der Waals surface area contributed by atoms with Gasteiger partial charge in [0.15, 0.2) is 11.5 Å². The van der Waals surface area contributed by atoms with Gasteiger partial charge in [-0.05, 0) is 62.3 Å². The van der Waals surface area contributed by atoms with Gasteiger partial charge in [-0.25, -0.2) is 0 Å². The Morgan fingerprint density at radius 3 is 2.61 bits per heavy atom. The van der Waals surface area contributed by atoms with Crippen molar-refractivity contribution in [1.29, 1.82) is 0 Å². The lowest BCUT2D eigenvalue weighted by molar-refractivity contribution is -0.144. The molecule has 0 saturated heterocycles. The highest BCUT2D eigenvalue weighted by Gasteiger charge is 2.38. The molecule has 2 amide bonds. The molecule has 1 fully saturated rings. The van der Waals surface area contributed by atoms with E-state index in [2.05, 4.69) is 11.4 Å². The largest absolute Gasteiger partial charge is 0.493 e. The third-order valence-corrected chi connectivity index (χ3v) is 7.02. The molecule has 1 unspecified atom stereocenters. The van der Waals surface area contributed by atoms with Crippen molar-refractivity contribution in [2.45, 2.75) is 45.2 Å². The van der Waals surface area contributed by atoms with Crippen LogP contribution < -0.4 is 9.47 Å². The van der Waals surface area contributed by atoms with Crippen LogP contribution in [0.15, 0.2) is 35.7 Å². The Morgan fingerprint density at radius 2 is 1.94 bits per heavy atom. The highest BCUT2D eigenvalue weighted by molar-refractivity contribution is 7.10. The first-order valence-electron chi connectivity index (χ1n) is 10.9. The molecule has 0 N–H and O–H groups in total. The van der Waals surface area contributed by atoms with E-state index in [1.807, 2.05) is 43.0 Å². The summed E-state index contributed by atoms with van der Waals surface area (Å²) in [6, 6.07) is 9.44. The Labute approximate surface area is 187 Å². The number of fused-ring (bicyclic) bond motifs is 1. The maximum Gasteiger partial charge on any atom is 0.242 e. The maximum absolute atomic E-state index is 13.4. The van der Waals surface area contributed by atoms with E-state index in [1.54, 1.807) is 23.3 Å². The van der Waals surface area contributed by atoms with Gasteiger partial charge in [-0.15, -0.1) is 11.3 Å². The van der Waals surface area contributed by atoms with Gasteiger partial charge < -0.3 is 19.3 Å². The number of ether oxygens (including phenoxy) is 2. The van der Waals surface area contributed by atoms with Gasteiger partial charge in [-0.3, -0.25) is 9.59 Å². The van der Waals surface area contributed by atoms with E-state index in [1.165, 1.54) is 4.88 Å². The van der Waals surface area contributed by atoms with E-state index in [9.17, 15) is 9.59 Å². The smallest absolute Gasteiger partial charge is 0.242 e. The number of para-hydroxylation sites is 2. The fourth-order valence-electron chi connectivity index (χ4n) is 4.10. The van der Waals surface area contributed by atoms with E-state index in [0.29, 0.717) is 24.7 Å². The lowest BCUT2D eigenvalue weighted by Crippen LogP contribution is -2.49. The van der Waals surface area contributed by atoms with Crippen molar-refractivity contribution in [2.75, 3.05) is 26.8 Å². The number of rotatable bonds is 8.